The molecule has 0 atom stereocenters. The molecule has 6 nitrogen and oxygen atoms in total. The third-order valence-electron chi connectivity index (χ3n) is 2.81. The van der Waals surface area contributed by atoms with Gasteiger partial charge in [-0.15, -0.1) is 0 Å². The molecular weight excluding hydrogens is 294 g/mol. The van der Waals surface area contributed by atoms with E-state index in [9.17, 15) is 18.0 Å². The summed E-state index contributed by atoms with van der Waals surface area (Å²) in [7, 11) is -1.81. The van der Waals surface area contributed by atoms with Crippen LogP contribution in [-0.4, -0.2) is 51.6 Å². The first-order chi connectivity index (χ1) is 9.75. The highest BCUT2D eigenvalue weighted by Crippen LogP contribution is 2.13. The number of esters is 1. The molecule has 1 rings (SSSR count). The van der Waals surface area contributed by atoms with Crippen LogP contribution in [0.4, 0.5) is 0 Å². The number of hydrogen-bond acceptors (Lipinski definition) is 5. The van der Waals surface area contributed by atoms with Crippen molar-refractivity contribution in [3.8, 4) is 0 Å². The van der Waals surface area contributed by atoms with E-state index in [4.69, 9.17) is 4.74 Å². The molecule has 0 saturated carbocycles. The normalized spacial score (nSPS) is 11.0. The van der Waals surface area contributed by atoms with Gasteiger partial charge in [-0.25, -0.2) is 8.42 Å². The number of carbonyl (C=O) groups excluding carboxylic acids is 2. The summed E-state index contributed by atoms with van der Waals surface area (Å²) in [6.07, 6.45) is 1.18. The highest BCUT2D eigenvalue weighted by molar-refractivity contribution is 7.90. The van der Waals surface area contributed by atoms with Crippen LogP contribution in [0.3, 0.4) is 0 Å². The average Bonchev–Trinajstić information content (AvgIpc) is 2.43. The Labute approximate surface area is 124 Å². The smallest absolute Gasteiger partial charge is 0.307 e. The van der Waals surface area contributed by atoms with Gasteiger partial charge in [-0.1, -0.05) is 6.07 Å². The van der Waals surface area contributed by atoms with Gasteiger partial charge in [0.1, 0.15) is 0 Å². The second-order valence-corrected chi connectivity index (χ2v) is 6.60. The Balaban J connectivity index is 2.77. The Kier molecular flexibility index (Phi) is 5.90. The van der Waals surface area contributed by atoms with Crippen LogP contribution < -0.4 is 0 Å². The summed E-state index contributed by atoms with van der Waals surface area (Å²) in [5.41, 5.74) is 0.268. The second kappa shape index (κ2) is 7.21. The van der Waals surface area contributed by atoms with Gasteiger partial charge in [0.15, 0.2) is 9.84 Å². The molecule has 0 radical (unpaired) electrons. The zero-order chi connectivity index (χ0) is 16.0. The first-order valence-electron chi connectivity index (χ1n) is 6.47. The van der Waals surface area contributed by atoms with Crippen LogP contribution in [0.5, 0.6) is 0 Å². The van der Waals surface area contributed by atoms with Gasteiger partial charge in [-0.05, 0) is 25.1 Å². The fourth-order valence-corrected chi connectivity index (χ4v) is 2.34. The molecule has 0 fully saturated rings. The number of ether oxygens (including phenoxy) is 1. The summed E-state index contributed by atoms with van der Waals surface area (Å²) in [5, 5.41) is 0. The summed E-state index contributed by atoms with van der Waals surface area (Å²) in [6, 6.07) is 5.82. The van der Waals surface area contributed by atoms with Crippen LogP contribution in [0.15, 0.2) is 29.2 Å². The molecule has 1 aromatic carbocycles. The SMILES string of the molecule is CCOC(=O)CCN(C)C(=O)c1cccc(S(C)(=O)=O)c1. The molecule has 0 saturated heterocycles. The summed E-state index contributed by atoms with van der Waals surface area (Å²) in [5.74, 6) is -0.716. The van der Waals surface area contributed by atoms with Crippen molar-refractivity contribution in [1.82, 2.24) is 4.90 Å². The van der Waals surface area contributed by atoms with Gasteiger partial charge in [0.2, 0.25) is 0 Å². The Bertz CT molecular complexity index is 624. The highest BCUT2D eigenvalue weighted by Gasteiger charge is 2.16. The Morgan fingerprint density at radius 1 is 1.29 bits per heavy atom. The Morgan fingerprint density at radius 3 is 2.52 bits per heavy atom. The number of carbonyl (C=O) groups is 2. The zero-order valence-electron chi connectivity index (χ0n) is 12.3. The number of rotatable bonds is 6. The molecule has 0 aliphatic carbocycles. The number of benzene rings is 1. The van der Waals surface area contributed by atoms with Gasteiger partial charge >= 0.3 is 5.97 Å². The van der Waals surface area contributed by atoms with Crippen molar-refractivity contribution in [3.05, 3.63) is 29.8 Å². The molecule has 0 spiro atoms. The summed E-state index contributed by atoms with van der Waals surface area (Å²) in [6.45, 7) is 2.22. The average molecular weight is 313 g/mol. The van der Waals surface area contributed by atoms with Crippen LogP contribution in [0.1, 0.15) is 23.7 Å². The van der Waals surface area contributed by atoms with Crippen molar-refractivity contribution in [1.29, 1.82) is 0 Å². The van der Waals surface area contributed by atoms with Crippen molar-refractivity contribution in [2.24, 2.45) is 0 Å². The predicted molar refractivity (Wildman–Crippen MR) is 77.8 cm³/mol. The van der Waals surface area contributed by atoms with E-state index in [1.807, 2.05) is 0 Å². The van der Waals surface area contributed by atoms with Crippen LogP contribution >= 0.6 is 0 Å². The molecule has 7 heteroatoms. The lowest BCUT2D eigenvalue weighted by molar-refractivity contribution is -0.143. The maximum absolute atomic E-state index is 12.2. The second-order valence-electron chi connectivity index (χ2n) is 4.58. The number of nitrogens with zero attached hydrogens (tertiary/aromatic N) is 1. The molecule has 1 amide bonds. The molecule has 0 heterocycles. The van der Waals surface area contributed by atoms with Gasteiger partial charge in [0.25, 0.3) is 5.91 Å². The minimum atomic E-state index is -3.36. The molecule has 0 unspecified atom stereocenters. The third kappa shape index (κ3) is 5.18. The maximum atomic E-state index is 12.2. The van der Waals surface area contributed by atoms with Gasteiger partial charge < -0.3 is 9.64 Å². The van der Waals surface area contributed by atoms with Crippen molar-refractivity contribution in [3.63, 3.8) is 0 Å². The molecule has 0 aromatic heterocycles. The fraction of sp³-hybridized carbons (Fsp3) is 0.429. The summed E-state index contributed by atoms with van der Waals surface area (Å²) in [4.78, 5) is 24.9. The molecule has 1 aromatic rings. The lowest BCUT2D eigenvalue weighted by Gasteiger charge is -2.17. The van der Waals surface area contributed by atoms with E-state index in [0.717, 1.165) is 6.26 Å². The maximum Gasteiger partial charge on any atom is 0.307 e. The van der Waals surface area contributed by atoms with Crippen molar-refractivity contribution in [2.75, 3.05) is 26.5 Å². The molecule has 21 heavy (non-hydrogen) atoms. The van der Waals surface area contributed by atoms with Crippen LogP contribution in [0, 0.1) is 0 Å². The van der Waals surface area contributed by atoms with Crippen LogP contribution in [0.2, 0.25) is 0 Å². The van der Waals surface area contributed by atoms with E-state index in [1.165, 1.54) is 29.2 Å². The summed E-state index contributed by atoms with van der Waals surface area (Å²) < 4.78 is 27.7. The van der Waals surface area contributed by atoms with E-state index in [1.54, 1.807) is 14.0 Å². The van der Waals surface area contributed by atoms with Gasteiger partial charge in [0.05, 0.1) is 17.9 Å². The topological polar surface area (TPSA) is 80.8 Å². The summed E-state index contributed by atoms with van der Waals surface area (Å²) >= 11 is 0. The lowest BCUT2D eigenvalue weighted by atomic mass is 10.2. The minimum absolute atomic E-state index is 0.0899. The fourth-order valence-electron chi connectivity index (χ4n) is 1.67. The third-order valence-corrected chi connectivity index (χ3v) is 3.92. The van der Waals surface area contributed by atoms with E-state index >= 15 is 0 Å². The molecule has 0 aliphatic rings. The van der Waals surface area contributed by atoms with E-state index in [2.05, 4.69) is 0 Å². The largest absolute Gasteiger partial charge is 0.466 e. The molecule has 0 N–H and O–H groups in total. The van der Waals surface area contributed by atoms with E-state index < -0.39 is 9.84 Å². The Hall–Kier alpha value is -1.89. The van der Waals surface area contributed by atoms with Gasteiger partial charge in [0, 0.05) is 25.4 Å². The number of sulfone groups is 1. The van der Waals surface area contributed by atoms with Crippen LogP contribution in [0.25, 0.3) is 0 Å². The quantitative estimate of drug-likeness (QED) is 0.735. The zero-order valence-corrected chi connectivity index (χ0v) is 13.1. The minimum Gasteiger partial charge on any atom is -0.466 e. The van der Waals surface area contributed by atoms with Crippen LogP contribution in [-0.2, 0) is 19.4 Å². The molecule has 0 bridgehead atoms. The molecule has 116 valence electrons. The monoisotopic (exact) mass is 313 g/mol. The first kappa shape index (κ1) is 17.2. The predicted octanol–water partition coefficient (Wildman–Crippen LogP) is 1.12. The van der Waals surface area contributed by atoms with E-state index in [-0.39, 0.29) is 35.3 Å². The van der Waals surface area contributed by atoms with Gasteiger partial charge in [-0.2, -0.15) is 0 Å². The van der Waals surface area contributed by atoms with Gasteiger partial charge in [-0.3, -0.25) is 9.59 Å². The molecule has 0 aliphatic heterocycles. The Morgan fingerprint density at radius 2 is 1.95 bits per heavy atom. The highest BCUT2D eigenvalue weighted by atomic mass is 32.2. The van der Waals surface area contributed by atoms with E-state index in [0.29, 0.717) is 6.61 Å². The van der Waals surface area contributed by atoms with Crippen molar-refractivity contribution >= 4 is 21.7 Å². The van der Waals surface area contributed by atoms with Crippen molar-refractivity contribution < 1.29 is 22.7 Å². The standard InChI is InChI=1S/C14H19NO5S/c1-4-20-13(16)8-9-15(2)14(17)11-6-5-7-12(10-11)21(3,18)19/h5-7,10H,4,8-9H2,1-3H3. The molecular formula is C14H19NO5S. The number of amides is 1. The lowest BCUT2D eigenvalue weighted by Crippen LogP contribution is -2.29. The number of hydrogen-bond donors (Lipinski definition) is 0. The van der Waals surface area contributed by atoms with Crippen molar-refractivity contribution in [2.45, 2.75) is 18.2 Å². The first-order valence-corrected chi connectivity index (χ1v) is 8.36.